The van der Waals surface area contributed by atoms with Crippen molar-refractivity contribution in [3.05, 3.63) is 224 Å². The summed E-state index contributed by atoms with van der Waals surface area (Å²) < 4.78 is 15.3. The zero-order chi connectivity index (χ0) is 41.4. The van der Waals surface area contributed by atoms with Crippen molar-refractivity contribution >= 4 is 65.7 Å². The van der Waals surface area contributed by atoms with Crippen LogP contribution in [0.5, 0.6) is 0 Å². The van der Waals surface area contributed by atoms with Crippen LogP contribution < -0.4 is 0 Å². The molecule has 3 aromatic heterocycles. The number of hydrogen-bond donors (Lipinski definition) is 0. The highest BCUT2D eigenvalue weighted by atomic mass is 16.3. The molecule has 3 nitrogen and oxygen atoms in total. The quantitative estimate of drug-likeness (QED) is 0.168. The Balaban J connectivity index is 0.878. The second-order valence-corrected chi connectivity index (χ2v) is 16.5. The van der Waals surface area contributed by atoms with Crippen molar-refractivity contribution in [2.75, 3.05) is 0 Å². The van der Waals surface area contributed by atoms with Gasteiger partial charge in [0.2, 0.25) is 0 Å². The fourth-order valence-electron chi connectivity index (χ4n) is 9.67. The molecule has 294 valence electrons. The number of fused-ring (bicyclic) bond motifs is 9. The molecule has 0 saturated heterocycles. The number of nitrogens with zero attached hydrogens (tertiary/aromatic N) is 1. The normalized spacial score (nSPS) is 11.8. The number of aromatic nitrogens is 1. The summed E-state index contributed by atoms with van der Waals surface area (Å²) in [6.07, 6.45) is 0. The van der Waals surface area contributed by atoms with E-state index < -0.39 is 0 Å². The predicted molar refractivity (Wildman–Crippen MR) is 263 cm³/mol. The molecule has 0 saturated carbocycles. The van der Waals surface area contributed by atoms with E-state index in [1.165, 1.54) is 60.8 Å². The predicted octanol–water partition coefficient (Wildman–Crippen LogP) is 16.9. The molecule has 0 aliphatic rings. The highest BCUT2D eigenvalue weighted by molar-refractivity contribution is 6.12. The minimum Gasteiger partial charge on any atom is -0.456 e. The third-order valence-electron chi connectivity index (χ3n) is 12.8. The monoisotopic (exact) mass is 803 g/mol. The van der Waals surface area contributed by atoms with Crippen LogP contribution in [0, 0.1) is 0 Å². The second-order valence-electron chi connectivity index (χ2n) is 16.5. The first-order valence-electron chi connectivity index (χ1n) is 21.5. The fraction of sp³-hybridized carbons (Fsp3) is 0. The van der Waals surface area contributed by atoms with Gasteiger partial charge in [-0.2, -0.15) is 0 Å². The first kappa shape index (κ1) is 35.4. The first-order chi connectivity index (χ1) is 31.2. The van der Waals surface area contributed by atoms with E-state index in [0.717, 1.165) is 66.3 Å². The lowest BCUT2D eigenvalue weighted by molar-refractivity contribution is 0.668. The molecule has 63 heavy (non-hydrogen) atoms. The minimum absolute atomic E-state index is 0.870. The van der Waals surface area contributed by atoms with Crippen LogP contribution in [0.3, 0.4) is 0 Å². The Kier molecular flexibility index (Phi) is 7.91. The lowest BCUT2D eigenvalue weighted by Gasteiger charge is -2.09. The van der Waals surface area contributed by atoms with Crippen molar-refractivity contribution in [2.24, 2.45) is 0 Å². The number of rotatable bonds is 6. The van der Waals surface area contributed by atoms with Crippen molar-refractivity contribution in [3.63, 3.8) is 0 Å². The number of furan rings is 2. The van der Waals surface area contributed by atoms with Crippen molar-refractivity contribution in [2.45, 2.75) is 0 Å². The molecular weight excluding hydrogens is 767 g/mol. The summed E-state index contributed by atoms with van der Waals surface area (Å²) in [4.78, 5) is 0. The van der Waals surface area contributed by atoms with Crippen LogP contribution in [0.25, 0.3) is 127 Å². The van der Waals surface area contributed by atoms with Crippen molar-refractivity contribution < 1.29 is 8.83 Å². The topological polar surface area (TPSA) is 31.2 Å². The maximum atomic E-state index is 6.46. The van der Waals surface area contributed by atoms with Gasteiger partial charge in [-0.1, -0.05) is 140 Å². The van der Waals surface area contributed by atoms with E-state index in [1.54, 1.807) is 0 Å². The zero-order valence-electron chi connectivity index (χ0n) is 34.1. The van der Waals surface area contributed by atoms with E-state index in [2.05, 4.69) is 229 Å². The number of hydrogen-bond acceptors (Lipinski definition) is 2. The fourth-order valence-corrected chi connectivity index (χ4v) is 9.67. The van der Waals surface area contributed by atoms with Gasteiger partial charge >= 0.3 is 0 Å². The summed E-state index contributed by atoms with van der Waals surface area (Å²) in [6.45, 7) is 0. The molecule has 0 N–H and O–H groups in total. The van der Waals surface area contributed by atoms with Crippen LogP contribution in [0.4, 0.5) is 0 Å². The standard InChI is InChI=1S/C60H37NO2/c1-3-11-38(12-4-1)40-15-9-16-41(31-40)42-17-10-18-43(32-42)45-22-27-57-51(34-45)52-35-46(23-28-58(52)62-57)47-24-29-59-53(36-47)54-37-48(25-30-60(54)63-59)61-55-20-8-7-19-49(55)50-33-44(21-26-56(50)61)39-13-5-2-6-14-39/h1-37H. The van der Waals surface area contributed by atoms with E-state index >= 15 is 0 Å². The van der Waals surface area contributed by atoms with E-state index in [0.29, 0.717) is 0 Å². The van der Waals surface area contributed by atoms with Gasteiger partial charge in [0.05, 0.1) is 11.0 Å². The number of para-hydroxylation sites is 1. The molecule has 0 amide bonds. The molecule has 0 aliphatic carbocycles. The largest absolute Gasteiger partial charge is 0.456 e. The molecule has 0 atom stereocenters. The molecule has 0 radical (unpaired) electrons. The third kappa shape index (κ3) is 5.89. The van der Waals surface area contributed by atoms with Gasteiger partial charge in [-0.3, -0.25) is 0 Å². The van der Waals surface area contributed by atoms with Crippen LogP contribution in [0.1, 0.15) is 0 Å². The Morgan fingerprint density at radius 2 is 0.587 bits per heavy atom. The van der Waals surface area contributed by atoms with Gasteiger partial charge in [0.1, 0.15) is 22.3 Å². The Morgan fingerprint density at radius 3 is 1.13 bits per heavy atom. The molecule has 10 aromatic carbocycles. The zero-order valence-corrected chi connectivity index (χ0v) is 34.1. The van der Waals surface area contributed by atoms with Gasteiger partial charge < -0.3 is 13.4 Å². The molecule has 13 rings (SSSR count). The van der Waals surface area contributed by atoms with Gasteiger partial charge in [-0.15, -0.1) is 0 Å². The minimum atomic E-state index is 0.870. The van der Waals surface area contributed by atoms with Crippen LogP contribution in [0.15, 0.2) is 233 Å². The van der Waals surface area contributed by atoms with E-state index in [4.69, 9.17) is 8.83 Å². The van der Waals surface area contributed by atoms with Crippen molar-refractivity contribution in [3.8, 4) is 61.3 Å². The van der Waals surface area contributed by atoms with E-state index in [9.17, 15) is 0 Å². The highest BCUT2D eigenvalue weighted by Crippen LogP contribution is 2.40. The maximum Gasteiger partial charge on any atom is 0.135 e. The van der Waals surface area contributed by atoms with Gasteiger partial charge in [-0.25, -0.2) is 0 Å². The Labute approximate surface area is 363 Å². The molecule has 0 aliphatic heterocycles. The second kappa shape index (κ2) is 14.1. The molecule has 0 spiro atoms. The van der Waals surface area contributed by atoms with Gasteiger partial charge in [0.15, 0.2) is 0 Å². The summed E-state index contributed by atoms with van der Waals surface area (Å²) in [5.74, 6) is 0. The van der Waals surface area contributed by atoms with Crippen molar-refractivity contribution in [1.82, 2.24) is 4.57 Å². The summed E-state index contributed by atoms with van der Waals surface area (Å²) >= 11 is 0. The summed E-state index contributed by atoms with van der Waals surface area (Å²) in [5, 5.41) is 6.84. The highest BCUT2D eigenvalue weighted by Gasteiger charge is 2.17. The molecule has 3 heteroatoms. The molecule has 0 unspecified atom stereocenters. The van der Waals surface area contributed by atoms with Gasteiger partial charge in [0, 0.05) is 38.0 Å². The first-order valence-corrected chi connectivity index (χ1v) is 21.5. The maximum absolute atomic E-state index is 6.46. The molecule has 0 bridgehead atoms. The molecule has 13 aromatic rings. The summed E-state index contributed by atoms with van der Waals surface area (Å²) in [7, 11) is 0. The molecule has 3 heterocycles. The lowest BCUT2D eigenvalue weighted by Crippen LogP contribution is -1.93. The van der Waals surface area contributed by atoms with Gasteiger partial charge in [0.25, 0.3) is 0 Å². The van der Waals surface area contributed by atoms with Gasteiger partial charge in [-0.05, 0) is 141 Å². The third-order valence-corrected chi connectivity index (χ3v) is 12.8. The van der Waals surface area contributed by atoms with E-state index in [1.807, 2.05) is 0 Å². The smallest absolute Gasteiger partial charge is 0.135 e. The summed E-state index contributed by atoms with van der Waals surface area (Å²) in [6, 6.07) is 80.5. The average Bonchev–Trinajstić information content (AvgIpc) is 4.03. The number of benzene rings is 10. The Morgan fingerprint density at radius 1 is 0.222 bits per heavy atom. The van der Waals surface area contributed by atoms with Crippen LogP contribution in [0.2, 0.25) is 0 Å². The Bertz CT molecular complexity index is 3900. The summed E-state index contributed by atoms with van der Waals surface area (Å²) in [5.41, 5.74) is 18.7. The van der Waals surface area contributed by atoms with Crippen molar-refractivity contribution in [1.29, 1.82) is 0 Å². The van der Waals surface area contributed by atoms with Crippen LogP contribution >= 0.6 is 0 Å². The van der Waals surface area contributed by atoms with E-state index in [-0.39, 0.29) is 0 Å². The molecular formula is C60H37NO2. The van der Waals surface area contributed by atoms with Crippen LogP contribution in [-0.4, -0.2) is 4.57 Å². The lowest BCUT2D eigenvalue weighted by atomic mass is 9.95. The average molecular weight is 804 g/mol. The molecule has 0 fully saturated rings. The SMILES string of the molecule is c1ccc(-c2cccc(-c3cccc(-c4ccc5oc6ccc(-c7ccc8oc9ccc(-n%10c%11ccccc%11c%11cc(-c%12ccccc%12)ccc%11%10)cc9c8c7)cc6c5c4)c3)c2)cc1. The van der Waals surface area contributed by atoms with Crippen LogP contribution in [-0.2, 0) is 0 Å². The Hall–Kier alpha value is -8.40.